The van der Waals surface area contributed by atoms with Crippen LogP contribution in [0, 0.1) is 6.92 Å². The monoisotopic (exact) mass is 345 g/mol. The second kappa shape index (κ2) is 8.48. The van der Waals surface area contributed by atoms with E-state index in [0.717, 1.165) is 18.4 Å². The van der Waals surface area contributed by atoms with Crippen LogP contribution >= 0.6 is 0 Å². The van der Waals surface area contributed by atoms with Gasteiger partial charge in [-0.1, -0.05) is 17.7 Å². The molecule has 0 radical (unpaired) electrons. The van der Waals surface area contributed by atoms with Gasteiger partial charge in [0, 0.05) is 36.8 Å². The number of aryl methyl sites for hydroxylation is 1. The molecular formula is C20H31N3O2. The third-order valence-corrected chi connectivity index (χ3v) is 4.90. The van der Waals surface area contributed by atoms with Crippen LogP contribution in [0.1, 0.15) is 56.5 Å². The van der Waals surface area contributed by atoms with Gasteiger partial charge in [-0.3, -0.25) is 15.0 Å². The van der Waals surface area contributed by atoms with Gasteiger partial charge >= 0.3 is 6.03 Å². The van der Waals surface area contributed by atoms with Crippen molar-refractivity contribution in [2.45, 2.75) is 65.6 Å². The van der Waals surface area contributed by atoms with Gasteiger partial charge in [-0.25, -0.2) is 4.79 Å². The Hall–Kier alpha value is -1.88. The summed E-state index contributed by atoms with van der Waals surface area (Å²) in [5.41, 5.74) is 1.60. The lowest BCUT2D eigenvalue weighted by Gasteiger charge is -2.42. The van der Waals surface area contributed by atoms with Crippen LogP contribution in [0.25, 0.3) is 0 Å². The number of nitrogens with zero attached hydrogens (tertiary/aromatic N) is 2. The standard InChI is InChI=1S/C20H31N3O2/c1-14(2)23(15(3)4)18-10-12-22(13-11-18)20(25)21-19(24)17-8-6-16(5)7-9-17/h6-9,14-15,18H,10-13H2,1-5H3,(H,21,24,25). The molecule has 1 aromatic rings. The van der Waals surface area contributed by atoms with E-state index in [2.05, 4.69) is 37.9 Å². The molecule has 0 aromatic heterocycles. The molecule has 1 aliphatic heterocycles. The van der Waals surface area contributed by atoms with Gasteiger partial charge in [0.05, 0.1) is 0 Å². The average Bonchev–Trinajstić information content (AvgIpc) is 2.55. The predicted octanol–water partition coefficient (Wildman–Crippen LogP) is 3.43. The fraction of sp³-hybridized carbons (Fsp3) is 0.600. The first-order valence-electron chi connectivity index (χ1n) is 9.24. The zero-order chi connectivity index (χ0) is 18.6. The quantitative estimate of drug-likeness (QED) is 0.909. The molecule has 5 nitrogen and oxygen atoms in total. The summed E-state index contributed by atoms with van der Waals surface area (Å²) in [4.78, 5) is 28.8. The van der Waals surface area contributed by atoms with Gasteiger partial charge in [-0.2, -0.15) is 0 Å². The molecule has 0 unspecified atom stereocenters. The number of amides is 3. The smallest absolute Gasteiger partial charge is 0.324 e. The van der Waals surface area contributed by atoms with Crippen molar-refractivity contribution in [2.75, 3.05) is 13.1 Å². The van der Waals surface area contributed by atoms with E-state index in [9.17, 15) is 9.59 Å². The molecule has 1 fully saturated rings. The Morgan fingerprint density at radius 1 is 1.04 bits per heavy atom. The van der Waals surface area contributed by atoms with Crippen LogP contribution in [0.3, 0.4) is 0 Å². The van der Waals surface area contributed by atoms with Gasteiger partial charge < -0.3 is 4.90 Å². The van der Waals surface area contributed by atoms with Crippen molar-refractivity contribution >= 4 is 11.9 Å². The molecule has 2 rings (SSSR count). The first kappa shape index (κ1) is 19.4. The molecule has 0 spiro atoms. The number of hydrogen-bond acceptors (Lipinski definition) is 3. The van der Waals surface area contributed by atoms with Crippen LogP contribution in [0.15, 0.2) is 24.3 Å². The Labute approximate surface area is 151 Å². The molecule has 1 N–H and O–H groups in total. The number of imide groups is 1. The number of likely N-dealkylation sites (tertiary alicyclic amines) is 1. The number of piperidine rings is 1. The molecule has 1 aromatic carbocycles. The Bertz CT molecular complexity index is 579. The minimum absolute atomic E-state index is 0.287. The first-order valence-corrected chi connectivity index (χ1v) is 9.24. The maximum atomic E-state index is 12.4. The number of benzene rings is 1. The summed E-state index contributed by atoms with van der Waals surface area (Å²) in [6, 6.07) is 8.43. The first-order chi connectivity index (χ1) is 11.8. The molecule has 3 amide bonds. The van der Waals surface area contributed by atoms with Gasteiger partial charge in [0.2, 0.25) is 0 Å². The van der Waals surface area contributed by atoms with Crippen molar-refractivity contribution < 1.29 is 9.59 Å². The largest absolute Gasteiger partial charge is 0.324 e. The van der Waals surface area contributed by atoms with Gasteiger partial charge in [0.25, 0.3) is 5.91 Å². The summed E-state index contributed by atoms with van der Waals surface area (Å²) in [6.45, 7) is 12.2. The maximum Gasteiger partial charge on any atom is 0.324 e. The highest BCUT2D eigenvalue weighted by Crippen LogP contribution is 2.21. The number of carbonyl (C=O) groups is 2. The lowest BCUT2D eigenvalue weighted by Crippen LogP contribution is -2.53. The Morgan fingerprint density at radius 3 is 2.04 bits per heavy atom. The number of nitrogens with one attached hydrogen (secondary N) is 1. The molecule has 0 bridgehead atoms. The fourth-order valence-electron chi connectivity index (χ4n) is 3.76. The van der Waals surface area contributed by atoms with Crippen molar-refractivity contribution in [3.8, 4) is 0 Å². The molecular weight excluding hydrogens is 314 g/mol. The number of hydrogen-bond donors (Lipinski definition) is 1. The fourth-order valence-corrected chi connectivity index (χ4v) is 3.76. The number of rotatable bonds is 4. The molecule has 5 heteroatoms. The maximum absolute atomic E-state index is 12.4. The molecule has 25 heavy (non-hydrogen) atoms. The van der Waals surface area contributed by atoms with Crippen molar-refractivity contribution in [3.05, 3.63) is 35.4 Å². The van der Waals surface area contributed by atoms with Crippen LogP contribution in [-0.4, -0.2) is 53.0 Å². The number of carbonyl (C=O) groups excluding carboxylic acids is 2. The molecule has 1 saturated heterocycles. The van der Waals surface area contributed by atoms with Crippen LogP contribution in [0.2, 0.25) is 0 Å². The summed E-state index contributed by atoms with van der Waals surface area (Å²) >= 11 is 0. The van der Waals surface area contributed by atoms with Gasteiger partial charge in [0.1, 0.15) is 0 Å². The van der Waals surface area contributed by atoms with E-state index in [1.807, 2.05) is 19.1 Å². The van der Waals surface area contributed by atoms with Crippen LogP contribution in [-0.2, 0) is 0 Å². The van der Waals surface area contributed by atoms with E-state index in [0.29, 0.717) is 36.8 Å². The molecule has 1 heterocycles. The summed E-state index contributed by atoms with van der Waals surface area (Å²) in [5.74, 6) is -0.335. The summed E-state index contributed by atoms with van der Waals surface area (Å²) in [5, 5.41) is 2.51. The topological polar surface area (TPSA) is 52.7 Å². The third-order valence-electron chi connectivity index (χ3n) is 4.90. The van der Waals surface area contributed by atoms with E-state index < -0.39 is 0 Å². The van der Waals surface area contributed by atoms with Gasteiger partial charge in [-0.05, 0) is 59.6 Å². The van der Waals surface area contributed by atoms with Crippen LogP contribution in [0.4, 0.5) is 4.79 Å². The van der Waals surface area contributed by atoms with Crippen molar-refractivity contribution in [1.82, 2.24) is 15.1 Å². The number of urea groups is 1. The molecule has 138 valence electrons. The van der Waals surface area contributed by atoms with Crippen LogP contribution in [0.5, 0.6) is 0 Å². The Kier molecular flexibility index (Phi) is 6.59. The Morgan fingerprint density at radius 2 is 1.56 bits per heavy atom. The van der Waals surface area contributed by atoms with E-state index in [-0.39, 0.29) is 11.9 Å². The van der Waals surface area contributed by atoms with E-state index in [4.69, 9.17) is 0 Å². The zero-order valence-corrected chi connectivity index (χ0v) is 16.1. The minimum atomic E-state index is -0.335. The average molecular weight is 345 g/mol. The van der Waals surface area contributed by atoms with Crippen molar-refractivity contribution in [3.63, 3.8) is 0 Å². The minimum Gasteiger partial charge on any atom is -0.324 e. The zero-order valence-electron chi connectivity index (χ0n) is 16.1. The highest BCUT2D eigenvalue weighted by molar-refractivity contribution is 6.04. The van der Waals surface area contributed by atoms with Gasteiger partial charge in [0.15, 0.2) is 0 Å². The second-order valence-electron chi connectivity index (χ2n) is 7.48. The second-order valence-corrected chi connectivity index (χ2v) is 7.48. The van der Waals surface area contributed by atoms with Crippen molar-refractivity contribution in [1.29, 1.82) is 0 Å². The lowest BCUT2D eigenvalue weighted by molar-refractivity contribution is 0.0670. The van der Waals surface area contributed by atoms with Gasteiger partial charge in [-0.15, -0.1) is 0 Å². The van der Waals surface area contributed by atoms with Crippen LogP contribution < -0.4 is 5.32 Å². The molecule has 0 aliphatic carbocycles. The van der Waals surface area contributed by atoms with E-state index in [1.165, 1.54) is 0 Å². The van der Waals surface area contributed by atoms with Crippen molar-refractivity contribution in [2.24, 2.45) is 0 Å². The molecule has 1 aliphatic rings. The summed E-state index contributed by atoms with van der Waals surface area (Å²) in [6.07, 6.45) is 1.89. The molecule has 0 saturated carbocycles. The summed E-state index contributed by atoms with van der Waals surface area (Å²) < 4.78 is 0. The Balaban J connectivity index is 1.88. The SMILES string of the molecule is Cc1ccc(C(=O)NC(=O)N2CCC(N(C(C)C)C(C)C)CC2)cc1. The lowest BCUT2D eigenvalue weighted by atomic mass is 10.00. The highest BCUT2D eigenvalue weighted by Gasteiger charge is 2.30. The van der Waals surface area contributed by atoms with E-state index in [1.54, 1.807) is 17.0 Å². The predicted molar refractivity (Wildman–Crippen MR) is 101 cm³/mol. The van der Waals surface area contributed by atoms with E-state index >= 15 is 0 Å². The highest BCUT2D eigenvalue weighted by atomic mass is 16.2. The normalized spacial score (nSPS) is 15.9. The third kappa shape index (κ3) is 5.05. The summed E-state index contributed by atoms with van der Waals surface area (Å²) in [7, 11) is 0. The molecule has 0 atom stereocenters.